The molecule has 1 unspecified atom stereocenters. The number of alkyl halides is 3. The molecule has 1 aliphatic heterocycles. The summed E-state index contributed by atoms with van der Waals surface area (Å²) in [5.41, 5.74) is -3.16. The summed E-state index contributed by atoms with van der Waals surface area (Å²) < 4.78 is 36.6. The van der Waals surface area contributed by atoms with Crippen LogP contribution in [0.3, 0.4) is 0 Å². The molecule has 0 radical (unpaired) electrons. The van der Waals surface area contributed by atoms with E-state index in [-0.39, 0.29) is 16.7 Å². The number of hydrogen-bond acceptors (Lipinski definition) is 3. The van der Waals surface area contributed by atoms with E-state index in [1.54, 1.807) is 24.3 Å². The number of thioether (sulfide) groups is 1. The van der Waals surface area contributed by atoms with E-state index < -0.39 is 5.51 Å². The normalized spacial score (nSPS) is 21.6. The molecular formula is C13H17F3N2S. The topological polar surface area (TPSA) is 15.3 Å². The molecule has 1 aromatic carbocycles. The molecule has 0 saturated carbocycles. The van der Waals surface area contributed by atoms with Gasteiger partial charge < -0.3 is 5.32 Å². The average Bonchev–Trinajstić information content (AvgIpc) is 2.30. The molecule has 1 aliphatic rings. The van der Waals surface area contributed by atoms with Gasteiger partial charge in [-0.15, -0.1) is 0 Å². The molecule has 1 heterocycles. The lowest BCUT2D eigenvalue weighted by Crippen LogP contribution is -2.48. The molecule has 1 atom stereocenters. The Morgan fingerprint density at radius 1 is 1.32 bits per heavy atom. The lowest BCUT2D eigenvalue weighted by Gasteiger charge is -2.31. The van der Waals surface area contributed by atoms with Crippen LogP contribution in [0.25, 0.3) is 0 Å². The highest BCUT2D eigenvalue weighted by Crippen LogP contribution is 2.36. The fourth-order valence-electron chi connectivity index (χ4n) is 2.21. The molecule has 2 rings (SSSR count). The van der Waals surface area contributed by atoms with Gasteiger partial charge in [0.15, 0.2) is 0 Å². The number of halogens is 3. The minimum atomic E-state index is -4.21. The van der Waals surface area contributed by atoms with E-state index >= 15 is 0 Å². The minimum absolute atomic E-state index is 0.0677. The second-order valence-electron chi connectivity index (χ2n) is 4.78. The quantitative estimate of drug-likeness (QED) is 0.861. The highest BCUT2D eigenvalue weighted by molar-refractivity contribution is 8.00. The third kappa shape index (κ3) is 5.04. The van der Waals surface area contributed by atoms with E-state index in [9.17, 15) is 13.2 Å². The van der Waals surface area contributed by atoms with E-state index in [0.717, 1.165) is 31.7 Å². The van der Waals surface area contributed by atoms with Crippen molar-refractivity contribution in [2.24, 2.45) is 0 Å². The zero-order valence-electron chi connectivity index (χ0n) is 10.7. The SMILES string of the molecule is CC1CN(Cc2ccc(SC(F)(F)F)cc2)CCN1. The summed E-state index contributed by atoms with van der Waals surface area (Å²) in [6.45, 7) is 5.84. The smallest absolute Gasteiger partial charge is 0.312 e. The first-order valence-electron chi connectivity index (χ1n) is 6.23. The van der Waals surface area contributed by atoms with Gasteiger partial charge >= 0.3 is 5.51 Å². The van der Waals surface area contributed by atoms with E-state index in [4.69, 9.17) is 0 Å². The van der Waals surface area contributed by atoms with Gasteiger partial charge in [0, 0.05) is 37.1 Å². The molecule has 0 aromatic heterocycles. The summed E-state index contributed by atoms with van der Waals surface area (Å²) in [6.07, 6.45) is 0. The van der Waals surface area contributed by atoms with Gasteiger partial charge in [-0.3, -0.25) is 4.90 Å². The Hall–Kier alpha value is -0.720. The summed E-state index contributed by atoms with van der Waals surface area (Å²) in [5.74, 6) is 0. The van der Waals surface area contributed by atoms with E-state index in [1.807, 2.05) is 0 Å². The fourth-order valence-corrected chi connectivity index (χ4v) is 2.75. The molecule has 1 aromatic rings. The van der Waals surface area contributed by atoms with Gasteiger partial charge in [-0.05, 0) is 36.4 Å². The zero-order chi connectivity index (χ0) is 13.9. The van der Waals surface area contributed by atoms with Crippen molar-refractivity contribution in [2.45, 2.75) is 29.9 Å². The van der Waals surface area contributed by atoms with Crippen LogP contribution in [-0.2, 0) is 6.54 Å². The van der Waals surface area contributed by atoms with Crippen LogP contribution in [0.5, 0.6) is 0 Å². The molecule has 1 saturated heterocycles. The Kier molecular flexibility index (Phi) is 4.76. The molecule has 6 heteroatoms. The van der Waals surface area contributed by atoms with Crippen LogP contribution in [0, 0.1) is 0 Å². The third-order valence-electron chi connectivity index (χ3n) is 3.02. The van der Waals surface area contributed by atoms with Gasteiger partial charge in [-0.2, -0.15) is 13.2 Å². The standard InChI is InChI=1S/C13H17F3N2S/c1-10-8-18(7-6-17-10)9-11-2-4-12(5-3-11)19-13(14,15)16/h2-5,10,17H,6-9H2,1H3. The van der Waals surface area contributed by atoms with E-state index in [2.05, 4.69) is 17.1 Å². The van der Waals surface area contributed by atoms with E-state index in [1.165, 1.54) is 0 Å². The van der Waals surface area contributed by atoms with Crippen molar-refractivity contribution in [2.75, 3.05) is 19.6 Å². The first-order valence-corrected chi connectivity index (χ1v) is 7.04. The number of benzene rings is 1. The Bertz CT molecular complexity index is 405. The Morgan fingerprint density at radius 3 is 2.58 bits per heavy atom. The predicted molar refractivity (Wildman–Crippen MR) is 71.1 cm³/mol. The molecule has 0 bridgehead atoms. The summed E-state index contributed by atoms with van der Waals surface area (Å²) in [6, 6.07) is 7.11. The monoisotopic (exact) mass is 290 g/mol. The van der Waals surface area contributed by atoms with Gasteiger partial charge in [0.05, 0.1) is 0 Å². The molecule has 1 N–H and O–H groups in total. The lowest BCUT2D eigenvalue weighted by atomic mass is 10.1. The molecular weight excluding hydrogens is 273 g/mol. The third-order valence-corrected chi connectivity index (χ3v) is 3.76. The van der Waals surface area contributed by atoms with Crippen LogP contribution in [0.4, 0.5) is 13.2 Å². The first-order chi connectivity index (χ1) is 8.92. The number of hydrogen-bond donors (Lipinski definition) is 1. The number of nitrogens with zero attached hydrogens (tertiary/aromatic N) is 1. The van der Waals surface area contributed by atoms with Gasteiger partial charge in [0.25, 0.3) is 0 Å². The first kappa shape index (κ1) is 14.7. The summed E-state index contributed by atoms with van der Waals surface area (Å²) in [4.78, 5) is 2.55. The lowest BCUT2D eigenvalue weighted by molar-refractivity contribution is -0.0328. The highest BCUT2D eigenvalue weighted by atomic mass is 32.2. The van der Waals surface area contributed by atoms with Crippen molar-refractivity contribution in [3.05, 3.63) is 29.8 Å². The summed E-state index contributed by atoms with van der Waals surface area (Å²) in [5, 5.41) is 3.36. The van der Waals surface area contributed by atoms with Crippen LogP contribution in [0.15, 0.2) is 29.2 Å². The number of piperazine rings is 1. The summed E-state index contributed by atoms with van der Waals surface area (Å²) in [7, 11) is 0. The molecule has 19 heavy (non-hydrogen) atoms. The zero-order valence-corrected chi connectivity index (χ0v) is 11.5. The molecule has 2 nitrogen and oxygen atoms in total. The van der Waals surface area contributed by atoms with Crippen molar-refractivity contribution in [1.82, 2.24) is 10.2 Å². The second kappa shape index (κ2) is 6.15. The second-order valence-corrected chi connectivity index (χ2v) is 5.92. The molecule has 1 fully saturated rings. The molecule has 0 spiro atoms. The van der Waals surface area contributed by atoms with Gasteiger partial charge in [-0.1, -0.05) is 12.1 Å². The Balaban J connectivity index is 1.91. The van der Waals surface area contributed by atoms with Crippen LogP contribution in [0.1, 0.15) is 12.5 Å². The van der Waals surface area contributed by atoms with Crippen molar-refractivity contribution >= 4 is 11.8 Å². The predicted octanol–water partition coefficient (Wildman–Crippen LogP) is 3.09. The molecule has 106 valence electrons. The van der Waals surface area contributed by atoms with Crippen LogP contribution < -0.4 is 5.32 Å². The van der Waals surface area contributed by atoms with Gasteiger partial charge in [0.1, 0.15) is 0 Å². The van der Waals surface area contributed by atoms with E-state index in [0.29, 0.717) is 6.04 Å². The van der Waals surface area contributed by atoms with Crippen molar-refractivity contribution in [3.8, 4) is 0 Å². The summed E-state index contributed by atoms with van der Waals surface area (Å²) >= 11 is -0.0677. The van der Waals surface area contributed by atoms with Gasteiger partial charge in [-0.25, -0.2) is 0 Å². The fraction of sp³-hybridized carbons (Fsp3) is 0.538. The molecule has 0 amide bonds. The minimum Gasteiger partial charge on any atom is -0.312 e. The van der Waals surface area contributed by atoms with Crippen LogP contribution in [0.2, 0.25) is 0 Å². The van der Waals surface area contributed by atoms with Crippen LogP contribution >= 0.6 is 11.8 Å². The largest absolute Gasteiger partial charge is 0.446 e. The average molecular weight is 290 g/mol. The maximum Gasteiger partial charge on any atom is 0.446 e. The maximum absolute atomic E-state index is 12.2. The highest BCUT2D eigenvalue weighted by Gasteiger charge is 2.29. The maximum atomic E-state index is 12.2. The van der Waals surface area contributed by atoms with Gasteiger partial charge in [0.2, 0.25) is 0 Å². The van der Waals surface area contributed by atoms with Crippen molar-refractivity contribution in [3.63, 3.8) is 0 Å². The molecule has 0 aliphatic carbocycles. The number of rotatable bonds is 3. The van der Waals surface area contributed by atoms with Crippen molar-refractivity contribution in [1.29, 1.82) is 0 Å². The van der Waals surface area contributed by atoms with Crippen molar-refractivity contribution < 1.29 is 13.2 Å². The Labute approximate surface area is 115 Å². The Morgan fingerprint density at radius 2 is 2.00 bits per heavy atom. The van der Waals surface area contributed by atoms with Crippen LogP contribution in [-0.4, -0.2) is 36.1 Å². The number of nitrogens with one attached hydrogen (secondary N) is 1.